The highest BCUT2D eigenvalue weighted by molar-refractivity contribution is 6.70. The lowest BCUT2D eigenvalue weighted by Gasteiger charge is -2.12. The summed E-state index contributed by atoms with van der Waals surface area (Å²) in [7, 11) is -2.11. The van der Waals surface area contributed by atoms with Crippen molar-refractivity contribution in [1.29, 1.82) is 0 Å². The third-order valence-corrected chi connectivity index (χ3v) is 4.25. The largest absolute Gasteiger partial charge is 0.632 e. The van der Waals surface area contributed by atoms with Crippen LogP contribution in [0.4, 0.5) is 0 Å². The van der Waals surface area contributed by atoms with Crippen LogP contribution in [0.25, 0.3) is 0 Å². The van der Waals surface area contributed by atoms with E-state index >= 15 is 0 Å². The van der Waals surface area contributed by atoms with Crippen LogP contribution in [0, 0.1) is 0 Å². The second kappa shape index (κ2) is 6.12. The van der Waals surface area contributed by atoms with Crippen LogP contribution in [-0.4, -0.2) is 21.4 Å². The van der Waals surface area contributed by atoms with Gasteiger partial charge >= 0.3 is 21.4 Å². The molecule has 0 radical (unpaired) electrons. The predicted octanol–water partition coefficient (Wildman–Crippen LogP) is 0.995. The molecule has 6 nitrogen and oxygen atoms in total. The second-order valence-corrected chi connectivity index (χ2v) is 6.17. The van der Waals surface area contributed by atoms with Crippen molar-refractivity contribution in [3.63, 3.8) is 0 Å². The Balaban J connectivity index is 1.72. The number of hydrogen-bond acceptors (Lipinski definition) is 6. The van der Waals surface area contributed by atoms with Crippen LogP contribution in [0.5, 0.6) is 0 Å². The molecule has 0 aromatic heterocycles. The summed E-state index contributed by atoms with van der Waals surface area (Å²) >= 11 is 0. The molecule has 0 N–H and O–H groups in total. The van der Waals surface area contributed by atoms with Crippen LogP contribution in [0.15, 0.2) is 92.2 Å². The van der Waals surface area contributed by atoms with Gasteiger partial charge in [-0.2, -0.15) is 0 Å². The Bertz CT molecular complexity index is 758. The Kier molecular flexibility index (Phi) is 3.87. The van der Waals surface area contributed by atoms with Gasteiger partial charge in [-0.15, -0.1) is 0 Å². The topological polar surface area (TPSA) is 55.4 Å². The van der Waals surface area contributed by atoms with Gasteiger partial charge in [-0.1, -0.05) is 57.7 Å². The smallest absolute Gasteiger partial charge is 0.520 e. The Morgan fingerprint density at radius 1 is 0.407 bits per heavy atom. The summed E-state index contributed by atoms with van der Waals surface area (Å²) in [5.41, 5.74) is 2.06. The van der Waals surface area contributed by atoms with Crippen LogP contribution in [0.3, 0.4) is 0 Å². The molecular formula is C18H15B3O6. The normalized spacial score (nSPS) is 18.9. The molecule has 3 aliphatic rings. The molecule has 3 fully saturated rings. The van der Waals surface area contributed by atoms with E-state index in [2.05, 4.69) is 39.5 Å². The van der Waals surface area contributed by atoms with E-state index in [0.29, 0.717) is 50.9 Å². The van der Waals surface area contributed by atoms with E-state index in [4.69, 9.17) is 27.9 Å². The molecule has 3 saturated heterocycles. The first kappa shape index (κ1) is 17.1. The molecule has 27 heavy (non-hydrogen) atoms. The van der Waals surface area contributed by atoms with Crippen molar-refractivity contribution in [2.24, 2.45) is 0 Å². The summed E-state index contributed by atoms with van der Waals surface area (Å²) in [5.74, 6) is 2.23. The maximum atomic E-state index is 5.63. The average Bonchev–Trinajstić information content (AvgIpc) is 3.27. The van der Waals surface area contributed by atoms with Gasteiger partial charge in [0.25, 0.3) is 0 Å². The average molecular weight is 360 g/mol. The highest BCUT2D eigenvalue weighted by atomic mass is 16.7. The lowest BCUT2D eigenvalue weighted by Crippen LogP contribution is -2.45. The fourth-order valence-corrected chi connectivity index (χ4v) is 2.76. The zero-order valence-corrected chi connectivity index (χ0v) is 14.7. The fourth-order valence-electron chi connectivity index (χ4n) is 2.76. The Labute approximate surface area is 158 Å². The number of hydrogen-bond donors (Lipinski definition) is 0. The first-order valence-corrected chi connectivity index (χ1v) is 8.11. The van der Waals surface area contributed by atoms with Gasteiger partial charge in [0, 0.05) is 16.4 Å². The molecule has 1 aromatic rings. The number of rotatable bonds is 3. The molecule has 9 heteroatoms. The van der Waals surface area contributed by atoms with Gasteiger partial charge in [-0.25, -0.2) is 0 Å². The van der Waals surface area contributed by atoms with Gasteiger partial charge in [0.15, 0.2) is 0 Å². The maximum Gasteiger partial charge on any atom is 0.632 e. The van der Waals surface area contributed by atoms with E-state index in [1.807, 2.05) is 18.2 Å². The first-order valence-electron chi connectivity index (χ1n) is 8.11. The molecule has 3 heterocycles. The molecule has 0 bridgehead atoms. The minimum absolute atomic E-state index is 0.372. The van der Waals surface area contributed by atoms with Gasteiger partial charge in [0.1, 0.15) is 34.6 Å². The summed E-state index contributed by atoms with van der Waals surface area (Å²) in [5, 5.41) is 0. The third-order valence-electron chi connectivity index (χ3n) is 4.25. The molecule has 1 aromatic carbocycles. The van der Waals surface area contributed by atoms with Gasteiger partial charge in [0.05, 0.1) is 0 Å². The van der Waals surface area contributed by atoms with Crippen LogP contribution >= 0.6 is 0 Å². The van der Waals surface area contributed by atoms with E-state index in [9.17, 15) is 0 Å². The Morgan fingerprint density at radius 2 is 0.593 bits per heavy atom. The summed E-state index contributed by atoms with van der Waals surface area (Å²) in [6, 6.07) is 5.49. The highest BCUT2D eigenvalue weighted by Gasteiger charge is 2.42. The van der Waals surface area contributed by atoms with E-state index in [1.165, 1.54) is 0 Å². The third kappa shape index (κ3) is 3.01. The molecular weight excluding hydrogens is 345 g/mol. The van der Waals surface area contributed by atoms with Crippen molar-refractivity contribution < 1.29 is 27.9 Å². The van der Waals surface area contributed by atoms with Crippen LogP contribution in [0.1, 0.15) is 0 Å². The maximum absolute atomic E-state index is 5.63. The summed E-state index contributed by atoms with van der Waals surface area (Å²) in [6.45, 7) is 22.6. The van der Waals surface area contributed by atoms with E-state index < -0.39 is 21.4 Å². The van der Waals surface area contributed by atoms with E-state index in [0.717, 1.165) is 0 Å². The summed E-state index contributed by atoms with van der Waals surface area (Å²) < 4.78 is 33.8. The second-order valence-electron chi connectivity index (χ2n) is 6.17. The van der Waals surface area contributed by atoms with Gasteiger partial charge < -0.3 is 27.9 Å². The van der Waals surface area contributed by atoms with Crippen LogP contribution in [-0.2, 0) is 27.9 Å². The van der Waals surface area contributed by atoms with Crippen molar-refractivity contribution in [2.75, 3.05) is 0 Å². The first-order chi connectivity index (χ1) is 12.8. The van der Waals surface area contributed by atoms with E-state index in [1.54, 1.807) is 0 Å². The standard InChI is InChI=1S/C18H15B3O6/c1-10-11(2)23-19(22-10)16-7-17(20-24-12(3)13(4)25-20)9-18(8-16)21-26-14(5)15(6)27-21/h7-9H,1-6H2. The SMILES string of the molecule is C=C1OB(c2cc(B3OC(=C)C(=C)O3)cc(B3OC(=C)C(=C)O3)c2)OC1=C. The van der Waals surface area contributed by atoms with E-state index in [-0.39, 0.29) is 0 Å². The van der Waals surface area contributed by atoms with Gasteiger partial charge in [-0.05, 0) is 0 Å². The molecule has 0 saturated carbocycles. The minimum atomic E-state index is -0.704. The molecule has 132 valence electrons. The highest BCUT2D eigenvalue weighted by Crippen LogP contribution is 2.23. The minimum Gasteiger partial charge on any atom is -0.520 e. The van der Waals surface area contributed by atoms with Crippen molar-refractivity contribution in [2.45, 2.75) is 0 Å². The molecule has 0 spiro atoms. The van der Waals surface area contributed by atoms with Crippen molar-refractivity contribution in [3.05, 3.63) is 92.2 Å². The lowest BCUT2D eigenvalue weighted by atomic mass is 9.66. The molecule has 0 amide bonds. The summed E-state index contributed by atoms with van der Waals surface area (Å²) in [4.78, 5) is 0. The van der Waals surface area contributed by atoms with Crippen molar-refractivity contribution >= 4 is 37.7 Å². The molecule has 4 rings (SSSR count). The molecule has 0 aliphatic carbocycles. The zero-order chi connectivity index (χ0) is 19.3. The fraction of sp³-hybridized carbons (Fsp3) is 0. The van der Waals surface area contributed by atoms with Crippen LogP contribution < -0.4 is 16.4 Å². The molecule has 0 unspecified atom stereocenters. The Morgan fingerprint density at radius 3 is 0.778 bits per heavy atom. The van der Waals surface area contributed by atoms with Crippen LogP contribution in [0.2, 0.25) is 0 Å². The number of benzene rings is 1. The predicted molar refractivity (Wildman–Crippen MR) is 104 cm³/mol. The molecule has 0 atom stereocenters. The summed E-state index contributed by atoms with van der Waals surface area (Å²) in [6.07, 6.45) is 0. The van der Waals surface area contributed by atoms with Gasteiger partial charge in [-0.3, -0.25) is 0 Å². The monoisotopic (exact) mass is 360 g/mol. The molecule has 3 aliphatic heterocycles. The zero-order valence-electron chi connectivity index (χ0n) is 14.7. The lowest BCUT2D eigenvalue weighted by molar-refractivity contribution is 0.429. The van der Waals surface area contributed by atoms with Crippen molar-refractivity contribution in [1.82, 2.24) is 0 Å². The Hall–Kier alpha value is -3.35. The van der Waals surface area contributed by atoms with Gasteiger partial charge in [0.2, 0.25) is 0 Å². The quantitative estimate of drug-likeness (QED) is 0.750. The van der Waals surface area contributed by atoms with Crippen molar-refractivity contribution in [3.8, 4) is 0 Å².